The molecule has 4 nitrogen and oxygen atoms in total. The molecule has 122 valence electrons. The molecule has 0 aromatic heterocycles. The highest BCUT2D eigenvalue weighted by Gasteiger charge is 2.45. The van der Waals surface area contributed by atoms with E-state index in [0.717, 1.165) is 5.56 Å². The van der Waals surface area contributed by atoms with Crippen molar-refractivity contribution in [1.29, 1.82) is 0 Å². The average molecular weight is 305 g/mol. The first-order valence-electron chi connectivity index (χ1n) is 7.97. The molecule has 0 N–H and O–H groups in total. The van der Waals surface area contributed by atoms with Crippen LogP contribution in [0.25, 0.3) is 0 Å². The summed E-state index contributed by atoms with van der Waals surface area (Å²) in [5.41, 5.74) is 0.974. The lowest BCUT2D eigenvalue weighted by molar-refractivity contribution is -0.197. The number of benzene rings is 1. The second-order valence-corrected chi connectivity index (χ2v) is 6.98. The SMILES string of the molecule is CC(C)OCC(C)(C)[C@@H]1CC(=O)ON1[C@@H](C)c1ccccc1. The van der Waals surface area contributed by atoms with Gasteiger partial charge in [-0.05, 0) is 26.3 Å². The van der Waals surface area contributed by atoms with Gasteiger partial charge in [0.05, 0.1) is 31.2 Å². The molecule has 0 saturated carbocycles. The summed E-state index contributed by atoms with van der Waals surface area (Å²) in [6.07, 6.45) is 0.586. The number of rotatable bonds is 6. The molecule has 1 heterocycles. The quantitative estimate of drug-likeness (QED) is 0.802. The van der Waals surface area contributed by atoms with E-state index in [2.05, 4.69) is 32.9 Å². The summed E-state index contributed by atoms with van der Waals surface area (Å²) in [5, 5.41) is 1.85. The van der Waals surface area contributed by atoms with Crippen LogP contribution in [0.5, 0.6) is 0 Å². The second kappa shape index (κ2) is 6.80. The summed E-state index contributed by atoms with van der Waals surface area (Å²) in [6.45, 7) is 11.0. The molecular formula is C18H27NO3. The van der Waals surface area contributed by atoms with Gasteiger partial charge in [-0.15, -0.1) is 5.06 Å². The number of nitrogens with zero attached hydrogens (tertiary/aromatic N) is 1. The van der Waals surface area contributed by atoms with Crippen LogP contribution in [0.1, 0.15) is 52.6 Å². The Morgan fingerprint density at radius 2 is 1.91 bits per heavy atom. The van der Waals surface area contributed by atoms with Crippen molar-refractivity contribution in [1.82, 2.24) is 5.06 Å². The highest BCUT2D eigenvalue weighted by molar-refractivity contribution is 5.71. The van der Waals surface area contributed by atoms with Gasteiger partial charge in [0.2, 0.25) is 0 Å². The largest absolute Gasteiger partial charge is 0.378 e. The maximum Gasteiger partial charge on any atom is 0.326 e. The molecule has 2 atom stereocenters. The van der Waals surface area contributed by atoms with E-state index in [0.29, 0.717) is 13.0 Å². The third-order valence-electron chi connectivity index (χ3n) is 4.23. The molecule has 2 rings (SSSR count). The molecule has 0 aliphatic carbocycles. The molecule has 0 spiro atoms. The molecule has 1 fully saturated rings. The molecule has 0 radical (unpaired) electrons. The number of carbonyl (C=O) groups excluding carboxylic acids is 1. The van der Waals surface area contributed by atoms with Crippen LogP contribution < -0.4 is 0 Å². The van der Waals surface area contributed by atoms with E-state index in [1.807, 2.05) is 37.1 Å². The minimum atomic E-state index is -0.167. The Morgan fingerprint density at radius 1 is 1.27 bits per heavy atom. The first-order chi connectivity index (χ1) is 10.3. The van der Waals surface area contributed by atoms with Crippen LogP contribution in [0.15, 0.2) is 30.3 Å². The first kappa shape index (κ1) is 17.0. The molecule has 1 aromatic rings. The zero-order chi connectivity index (χ0) is 16.3. The van der Waals surface area contributed by atoms with Gasteiger partial charge in [0.1, 0.15) is 0 Å². The number of ether oxygens (including phenoxy) is 1. The lowest BCUT2D eigenvalue weighted by Crippen LogP contribution is -2.44. The van der Waals surface area contributed by atoms with Crippen LogP contribution >= 0.6 is 0 Å². The Hall–Kier alpha value is -1.39. The van der Waals surface area contributed by atoms with Crippen molar-refractivity contribution < 1.29 is 14.4 Å². The molecule has 0 bridgehead atoms. The molecule has 4 heteroatoms. The topological polar surface area (TPSA) is 38.8 Å². The summed E-state index contributed by atoms with van der Waals surface area (Å²) in [4.78, 5) is 17.4. The highest BCUT2D eigenvalue weighted by Crippen LogP contribution is 2.38. The average Bonchev–Trinajstić information content (AvgIpc) is 2.88. The van der Waals surface area contributed by atoms with E-state index in [1.165, 1.54) is 0 Å². The van der Waals surface area contributed by atoms with Gasteiger partial charge < -0.3 is 9.57 Å². The van der Waals surface area contributed by atoms with Crippen molar-refractivity contribution in [2.75, 3.05) is 6.61 Å². The standard InChI is InChI=1S/C18H27NO3/c1-13(2)21-12-18(4,5)16-11-17(20)22-19(16)14(3)15-9-7-6-8-10-15/h6-10,13-14,16H,11-12H2,1-5H3/t14-,16-/m0/s1. The fourth-order valence-corrected chi connectivity index (χ4v) is 2.79. The van der Waals surface area contributed by atoms with E-state index in [-0.39, 0.29) is 29.6 Å². The highest BCUT2D eigenvalue weighted by atomic mass is 16.7. The van der Waals surface area contributed by atoms with E-state index >= 15 is 0 Å². The minimum absolute atomic E-state index is 0.00829. The van der Waals surface area contributed by atoms with Crippen molar-refractivity contribution in [3.63, 3.8) is 0 Å². The van der Waals surface area contributed by atoms with E-state index in [9.17, 15) is 4.79 Å². The lowest BCUT2D eigenvalue weighted by Gasteiger charge is -2.38. The smallest absolute Gasteiger partial charge is 0.326 e. The molecule has 22 heavy (non-hydrogen) atoms. The maximum atomic E-state index is 11.9. The number of hydrogen-bond acceptors (Lipinski definition) is 4. The van der Waals surface area contributed by atoms with Crippen LogP contribution in [0.4, 0.5) is 0 Å². The zero-order valence-electron chi connectivity index (χ0n) is 14.2. The fourth-order valence-electron chi connectivity index (χ4n) is 2.79. The van der Waals surface area contributed by atoms with Gasteiger partial charge in [0.25, 0.3) is 0 Å². The normalized spacial score (nSPS) is 21.2. The Kier molecular flexibility index (Phi) is 5.24. The summed E-state index contributed by atoms with van der Waals surface area (Å²) in [5.74, 6) is -0.162. The van der Waals surface area contributed by atoms with E-state index in [1.54, 1.807) is 0 Å². The van der Waals surface area contributed by atoms with E-state index in [4.69, 9.17) is 9.57 Å². The summed E-state index contributed by atoms with van der Waals surface area (Å²) in [7, 11) is 0. The van der Waals surface area contributed by atoms with Gasteiger partial charge in [0.15, 0.2) is 0 Å². The third kappa shape index (κ3) is 3.87. The second-order valence-electron chi connectivity index (χ2n) is 6.98. The minimum Gasteiger partial charge on any atom is -0.378 e. The number of hydrogen-bond donors (Lipinski definition) is 0. The lowest BCUT2D eigenvalue weighted by atomic mass is 9.82. The van der Waals surface area contributed by atoms with Gasteiger partial charge in [-0.3, -0.25) is 4.79 Å². The van der Waals surface area contributed by atoms with Gasteiger partial charge >= 0.3 is 5.97 Å². The van der Waals surface area contributed by atoms with Crippen LogP contribution in [-0.4, -0.2) is 29.8 Å². The van der Waals surface area contributed by atoms with Crippen molar-refractivity contribution in [3.8, 4) is 0 Å². The Bertz CT molecular complexity index is 498. The van der Waals surface area contributed by atoms with Crippen molar-refractivity contribution >= 4 is 5.97 Å². The first-order valence-corrected chi connectivity index (χ1v) is 7.97. The zero-order valence-corrected chi connectivity index (χ0v) is 14.2. The summed E-state index contributed by atoms with van der Waals surface area (Å²) in [6, 6.07) is 10.2. The van der Waals surface area contributed by atoms with Gasteiger partial charge in [-0.25, -0.2) is 0 Å². The third-order valence-corrected chi connectivity index (χ3v) is 4.23. The van der Waals surface area contributed by atoms with Gasteiger partial charge in [0, 0.05) is 5.41 Å². The van der Waals surface area contributed by atoms with Gasteiger partial charge in [-0.1, -0.05) is 44.2 Å². The predicted molar refractivity (Wildman–Crippen MR) is 86.1 cm³/mol. The van der Waals surface area contributed by atoms with Crippen LogP contribution in [0.3, 0.4) is 0 Å². The van der Waals surface area contributed by atoms with Crippen LogP contribution in [-0.2, 0) is 14.4 Å². The summed E-state index contributed by atoms with van der Waals surface area (Å²) < 4.78 is 5.79. The summed E-state index contributed by atoms with van der Waals surface area (Å²) >= 11 is 0. The molecule has 0 unspecified atom stereocenters. The Labute approximate surface area is 133 Å². The predicted octanol–water partition coefficient (Wildman–Crippen LogP) is 3.73. The number of carbonyl (C=O) groups is 1. The molecule has 1 saturated heterocycles. The van der Waals surface area contributed by atoms with Crippen molar-refractivity contribution in [2.45, 2.75) is 59.2 Å². The molecular weight excluding hydrogens is 278 g/mol. The van der Waals surface area contributed by atoms with Crippen LogP contribution in [0, 0.1) is 5.41 Å². The van der Waals surface area contributed by atoms with E-state index < -0.39 is 0 Å². The Morgan fingerprint density at radius 3 is 2.50 bits per heavy atom. The Balaban J connectivity index is 2.17. The van der Waals surface area contributed by atoms with Crippen molar-refractivity contribution in [3.05, 3.63) is 35.9 Å². The monoisotopic (exact) mass is 305 g/mol. The van der Waals surface area contributed by atoms with Gasteiger partial charge in [-0.2, -0.15) is 0 Å². The number of hydroxylamine groups is 2. The molecule has 1 aromatic carbocycles. The van der Waals surface area contributed by atoms with Crippen LogP contribution in [0.2, 0.25) is 0 Å². The molecule has 0 amide bonds. The van der Waals surface area contributed by atoms with Crippen molar-refractivity contribution in [2.24, 2.45) is 5.41 Å². The maximum absolute atomic E-state index is 11.9. The molecule has 1 aliphatic heterocycles. The molecule has 1 aliphatic rings. The fraction of sp³-hybridized carbons (Fsp3) is 0.611.